The van der Waals surface area contributed by atoms with E-state index in [1.165, 1.54) is 4.68 Å². The number of nitrogens with zero attached hydrogens (tertiary/aromatic N) is 3. The molecule has 0 fully saturated rings. The fourth-order valence-electron chi connectivity index (χ4n) is 1.35. The van der Waals surface area contributed by atoms with Gasteiger partial charge in [0.25, 0.3) is 0 Å². The third-order valence-corrected chi connectivity index (χ3v) is 4.00. The Labute approximate surface area is 123 Å². The largest absolute Gasteiger partial charge is 1.00 e. The van der Waals surface area contributed by atoms with E-state index in [0.29, 0.717) is 5.56 Å². The number of carbonyl (C=O) groups excluding carboxylic acids is 1. The third-order valence-electron chi connectivity index (χ3n) is 2.37. The van der Waals surface area contributed by atoms with E-state index >= 15 is 0 Å². The van der Waals surface area contributed by atoms with Crippen molar-refractivity contribution in [1.29, 1.82) is 0 Å². The number of hydrogen-bond acceptors (Lipinski definition) is 3. The molecule has 0 radical (unpaired) electrons. The number of benzene rings is 1. The fourth-order valence-corrected chi connectivity index (χ4v) is 2.13. The van der Waals surface area contributed by atoms with E-state index in [0.717, 1.165) is 5.32 Å². The minimum atomic E-state index is -1.56. The molecule has 4 nitrogen and oxygen atoms in total. The van der Waals surface area contributed by atoms with E-state index in [-0.39, 0.29) is 28.3 Å². The van der Waals surface area contributed by atoms with Crippen LogP contribution in [0, 0.1) is 6.20 Å². The van der Waals surface area contributed by atoms with E-state index in [4.69, 9.17) is 0 Å². The first kappa shape index (κ1) is 15.0. The Morgan fingerprint density at radius 2 is 1.83 bits per heavy atom. The molecule has 98 valence electrons. The fraction of sp³-hybridized carbons (Fsp3) is 0.250. The third kappa shape index (κ3) is 3.26. The van der Waals surface area contributed by atoms with Gasteiger partial charge < -0.3 is 9.48 Å². The minimum absolute atomic E-state index is 0. The summed E-state index contributed by atoms with van der Waals surface area (Å²) in [5.41, 5.74) is 0.593. The number of rotatable bonds is 2. The van der Waals surface area contributed by atoms with Gasteiger partial charge in [0, 0.05) is 0 Å². The molecule has 1 aromatic carbocycles. The molecule has 0 amide bonds. The van der Waals surface area contributed by atoms with Gasteiger partial charge >= 0.3 is 22.4 Å². The van der Waals surface area contributed by atoms with Crippen LogP contribution < -0.4 is 5.32 Å². The molecule has 0 unspecified atom stereocenters. The van der Waals surface area contributed by atoms with Gasteiger partial charge in [0.15, 0.2) is 0 Å². The van der Waals surface area contributed by atoms with Crippen LogP contribution in [0.5, 0.6) is 0 Å². The minimum Gasteiger partial charge on any atom is -0.380 e. The van der Waals surface area contributed by atoms with Gasteiger partial charge in [0.1, 0.15) is 5.91 Å². The van der Waals surface area contributed by atoms with Gasteiger partial charge in [-0.05, 0) is 10.9 Å². The molecule has 0 saturated heterocycles. The van der Waals surface area contributed by atoms with Gasteiger partial charge in [0.05, 0.1) is 8.07 Å². The second-order valence-corrected chi connectivity index (χ2v) is 9.86. The zero-order valence-electron chi connectivity index (χ0n) is 10.4. The smallest absolute Gasteiger partial charge is 0.380 e. The maximum absolute atomic E-state index is 12.0. The predicted molar refractivity (Wildman–Crippen MR) is 68.0 cm³/mol. The summed E-state index contributed by atoms with van der Waals surface area (Å²) in [6.45, 7) is 6.43. The Morgan fingerprint density at radius 1 is 1.22 bits per heavy atom. The molecule has 0 spiro atoms. The van der Waals surface area contributed by atoms with Crippen LogP contribution in [0.2, 0.25) is 19.6 Å². The topological polar surface area (TPSA) is 47.8 Å². The van der Waals surface area contributed by atoms with E-state index in [2.05, 4.69) is 36.1 Å². The number of aromatic nitrogens is 3. The molecule has 1 heterocycles. The summed E-state index contributed by atoms with van der Waals surface area (Å²) in [5.74, 6) is -0.192. The normalized spacial score (nSPS) is 10.8. The maximum Gasteiger partial charge on any atom is 1.00 e. The first-order valence-electron chi connectivity index (χ1n) is 5.44. The molecule has 6 heteroatoms. The average Bonchev–Trinajstić information content (AvgIpc) is 2.78. The van der Waals surface area contributed by atoms with E-state index in [9.17, 15) is 4.79 Å². The van der Waals surface area contributed by atoms with Crippen molar-refractivity contribution in [1.82, 2.24) is 15.0 Å². The summed E-state index contributed by atoms with van der Waals surface area (Å²) >= 11 is 0. The molecule has 0 aliphatic rings. The van der Waals surface area contributed by atoms with Crippen LogP contribution in [-0.2, 0) is 22.4 Å². The van der Waals surface area contributed by atoms with Gasteiger partial charge in [-0.3, -0.25) is 0 Å². The predicted octanol–water partition coefficient (Wildman–Crippen LogP) is 1.31. The second kappa shape index (κ2) is 5.75. The molecule has 0 saturated carbocycles. The van der Waals surface area contributed by atoms with Crippen LogP contribution in [0.1, 0.15) is 10.4 Å². The molecular formula is C12H14AuN3OSi. The second-order valence-electron chi connectivity index (χ2n) is 4.88. The van der Waals surface area contributed by atoms with Gasteiger partial charge in [-0.2, -0.15) is 5.10 Å². The molecule has 2 rings (SSSR count). The monoisotopic (exact) mass is 441 g/mol. The van der Waals surface area contributed by atoms with Crippen molar-refractivity contribution < 1.29 is 27.2 Å². The van der Waals surface area contributed by atoms with Crippen molar-refractivity contribution in [2.24, 2.45) is 0 Å². The van der Waals surface area contributed by atoms with Crippen LogP contribution in [0.25, 0.3) is 0 Å². The average molecular weight is 441 g/mol. The molecule has 0 bridgehead atoms. The summed E-state index contributed by atoms with van der Waals surface area (Å²) in [5, 5.41) is 8.71. The Balaban J connectivity index is 0.00000162. The van der Waals surface area contributed by atoms with Crippen molar-refractivity contribution in [2.45, 2.75) is 19.6 Å². The Bertz CT molecular complexity index is 534. The van der Waals surface area contributed by atoms with Crippen molar-refractivity contribution in [3.63, 3.8) is 0 Å². The van der Waals surface area contributed by atoms with Crippen molar-refractivity contribution in [3.05, 3.63) is 42.1 Å². The molecule has 0 atom stereocenters. The Morgan fingerprint density at radius 3 is 2.33 bits per heavy atom. The molecule has 1 aromatic heterocycles. The summed E-state index contributed by atoms with van der Waals surface area (Å²) in [4.78, 5) is 12.0. The molecule has 18 heavy (non-hydrogen) atoms. The molecule has 2 aromatic rings. The van der Waals surface area contributed by atoms with Gasteiger partial charge in [0.2, 0.25) is 0 Å². The van der Waals surface area contributed by atoms with Crippen molar-refractivity contribution in [2.75, 3.05) is 0 Å². The van der Waals surface area contributed by atoms with Crippen LogP contribution in [0.4, 0.5) is 0 Å². The summed E-state index contributed by atoms with van der Waals surface area (Å²) in [6, 6.07) is 9.03. The molecular weight excluding hydrogens is 427 g/mol. The van der Waals surface area contributed by atoms with E-state index in [1.807, 2.05) is 18.2 Å². The van der Waals surface area contributed by atoms with Crippen molar-refractivity contribution >= 4 is 19.3 Å². The maximum atomic E-state index is 12.0. The van der Waals surface area contributed by atoms with Gasteiger partial charge in [-0.1, -0.05) is 55.2 Å². The van der Waals surface area contributed by atoms with Crippen LogP contribution >= 0.6 is 0 Å². The Hall–Kier alpha value is -1.01. The van der Waals surface area contributed by atoms with Crippen molar-refractivity contribution in [3.8, 4) is 0 Å². The number of carbonyl (C=O) groups is 1. The SMILES string of the molecule is C[Si](C)(C)c1[c-]n(C(=O)c2ccccc2)nn1.[Au+]. The van der Waals surface area contributed by atoms with Crippen LogP contribution in [0.15, 0.2) is 30.3 Å². The summed E-state index contributed by atoms with van der Waals surface area (Å²) in [6.07, 6.45) is 2.96. The Kier molecular flexibility index (Phi) is 4.81. The van der Waals surface area contributed by atoms with Gasteiger partial charge in [-0.15, -0.1) is 6.20 Å². The first-order valence-corrected chi connectivity index (χ1v) is 8.94. The standard InChI is InChI=1S/C12H14N3OSi.Au/c1-17(2,3)11-9-15(14-13-11)12(16)10-7-5-4-6-8-10;/h4-8H,1-3H3;/q-1;+1. The zero-order valence-corrected chi connectivity index (χ0v) is 13.6. The first-order chi connectivity index (χ1) is 7.98. The van der Waals surface area contributed by atoms with E-state index < -0.39 is 8.07 Å². The van der Waals surface area contributed by atoms with E-state index in [1.54, 1.807) is 12.1 Å². The zero-order chi connectivity index (χ0) is 12.5. The summed E-state index contributed by atoms with van der Waals surface area (Å²) in [7, 11) is -1.56. The molecule has 0 aliphatic carbocycles. The van der Waals surface area contributed by atoms with Gasteiger partial charge in [-0.25, -0.2) is 0 Å². The molecule has 0 N–H and O–H groups in total. The quantitative estimate of drug-likeness (QED) is 0.522. The summed E-state index contributed by atoms with van der Waals surface area (Å²) < 4.78 is 1.20. The van der Waals surface area contributed by atoms with Crippen LogP contribution in [0.3, 0.4) is 0 Å². The molecule has 0 aliphatic heterocycles. The number of hydrogen-bond donors (Lipinski definition) is 0. The van der Waals surface area contributed by atoms with Crippen LogP contribution in [-0.4, -0.2) is 29.0 Å².